The Morgan fingerprint density at radius 2 is 2.20 bits per heavy atom. The zero-order chi connectivity index (χ0) is 10.8. The smallest absolute Gasteiger partial charge is 0.251 e. The number of hydrogen-bond donors (Lipinski definition) is 1. The molecule has 0 unspecified atom stereocenters. The van der Waals surface area contributed by atoms with E-state index < -0.39 is 0 Å². The highest BCUT2D eigenvalue weighted by Crippen LogP contribution is 2.09. The Balaban J connectivity index is 2.70. The quantitative estimate of drug-likeness (QED) is 0.788. The molecule has 0 bridgehead atoms. The molecule has 0 saturated carbocycles. The molecule has 2 aromatic heterocycles. The van der Waals surface area contributed by atoms with Gasteiger partial charge in [-0.3, -0.25) is 4.79 Å². The topological polar surface area (TPSA) is 58.6 Å². The van der Waals surface area contributed by atoms with Crippen LogP contribution >= 0.6 is 11.6 Å². The molecule has 2 aromatic rings. The first-order valence-corrected chi connectivity index (χ1v) is 5.22. The molecule has 1 N–H and O–H groups in total. The average molecular weight is 224 g/mol. The van der Waals surface area contributed by atoms with Gasteiger partial charge in [0.25, 0.3) is 5.56 Å². The monoisotopic (exact) mass is 223 g/mol. The summed E-state index contributed by atoms with van der Waals surface area (Å²) in [6.07, 6.45) is 0.685. The van der Waals surface area contributed by atoms with Crippen molar-refractivity contribution in [2.45, 2.75) is 19.2 Å². The molecule has 4 nitrogen and oxygen atoms in total. The van der Waals surface area contributed by atoms with Crippen LogP contribution in [0.5, 0.6) is 0 Å². The first-order chi connectivity index (χ1) is 7.24. The maximum atomic E-state index is 11.5. The molecule has 0 radical (unpaired) electrons. The van der Waals surface area contributed by atoms with Gasteiger partial charge < -0.3 is 4.98 Å². The van der Waals surface area contributed by atoms with Crippen LogP contribution in [0.3, 0.4) is 0 Å². The highest BCUT2D eigenvalue weighted by atomic mass is 35.5. The van der Waals surface area contributed by atoms with E-state index in [0.29, 0.717) is 29.0 Å². The van der Waals surface area contributed by atoms with Crippen molar-refractivity contribution in [3.63, 3.8) is 0 Å². The number of aromatic amines is 1. The van der Waals surface area contributed by atoms with Gasteiger partial charge in [-0.1, -0.05) is 6.92 Å². The lowest BCUT2D eigenvalue weighted by molar-refractivity contribution is 0.987. The fraction of sp³-hybridized carbons (Fsp3) is 0.300. The number of hydrogen-bond acceptors (Lipinski definition) is 3. The first-order valence-electron chi connectivity index (χ1n) is 4.69. The summed E-state index contributed by atoms with van der Waals surface area (Å²) in [5, 5.41) is 7.92. The predicted octanol–water partition coefficient (Wildman–Crippen LogP) is 1.62. The molecule has 78 valence electrons. The number of halogens is 1. The summed E-state index contributed by atoms with van der Waals surface area (Å²) < 4.78 is 0. The molecule has 2 rings (SSSR count). The SMILES string of the molecule is CCc1cc2nnc(CCl)cc2[nH]c1=O. The maximum absolute atomic E-state index is 11.5. The highest BCUT2D eigenvalue weighted by molar-refractivity contribution is 6.16. The normalized spacial score (nSPS) is 10.8. The standard InChI is InChI=1S/C10H10ClN3O/c1-2-6-3-9-8(12-10(6)15)4-7(5-11)13-14-9/h3-4H,2,5H2,1H3,(H,12,15). The van der Waals surface area contributed by atoms with Gasteiger partial charge in [0, 0.05) is 5.56 Å². The van der Waals surface area contributed by atoms with Crippen molar-refractivity contribution >= 4 is 22.6 Å². The summed E-state index contributed by atoms with van der Waals surface area (Å²) in [5.41, 5.74) is 2.68. The summed E-state index contributed by atoms with van der Waals surface area (Å²) in [7, 11) is 0. The maximum Gasteiger partial charge on any atom is 0.251 e. The van der Waals surface area contributed by atoms with Crippen molar-refractivity contribution in [1.82, 2.24) is 15.2 Å². The molecule has 0 amide bonds. The van der Waals surface area contributed by atoms with Gasteiger partial charge in [0.1, 0.15) is 5.52 Å². The molecule has 5 heteroatoms. The van der Waals surface area contributed by atoms with Crippen molar-refractivity contribution in [3.8, 4) is 0 Å². The number of fused-ring (bicyclic) bond motifs is 1. The lowest BCUT2D eigenvalue weighted by atomic mass is 10.2. The molecule has 0 aromatic carbocycles. The average Bonchev–Trinajstić information content (AvgIpc) is 2.27. The number of alkyl halides is 1. The van der Waals surface area contributed by atoms with Gasteiger partial charge >= 0.3 is 0 Å². The zero-order valence-corrected chi connectivity index (χ0v) is 9.01. The van der Waals surface area contributed by atoms with E-state index in [4.69, 9.17) is 11.6 Å². The summed E-state index contributed by atoms with van der Waals surface area (Å²) in [5.74, 6) is 0.292. The molecular weight excluding hydrogens is 214 g/mol. The molecule has 2 heterocycles. The minimum Gasteiger partial charge on any atom is -0.320 e. The van der Waals surface area contributed by atoms with Crippen LogP contribution in [0, 0.1) is 0 Å². The Hall–Kier alpha value is -1.42. The van der Waals surface area contributed by atoms with Crippen LogP contribution in [-0.2, 0) is 12.3 Å². The second-order valence-electron chi connectivity index (χ2n) is 3.25. The van der Waals surface area contributed by atoms with E-state index in [1.807, 2.05) is 6.92 Å². The van der Waals surface area contributed by atoms with Crippen molar-refractivity contribution < 1.29 is 0 Å². The van der Waals surface area contributed by atoms with E-state index in [9.17, 15) is 4.79 Å². The third-order valence-electron chi connectivity index (χ3n) is 2.24. The van der Waals surface area contributed by atoms with Gasteiger partial charge in [-0.25, -0.2) is 0 Å². The predicted molar refractivity (Wildman–Crippen MR) is 59.1 cm³/mol. The van der Waals surface area contributed by atoms with Crippen LogP contribution in [-0.4, -0.2) is 15.2 Å². The molecular formula is C10H10ClN3O. The lowest BCUT2D eigenvalue weighted by Gasteiger charge is -2.00. The number of H-pyrrole nitrogens is 1. The largest absolute Gasteiger partial charge is 0.320 e. The molecule has 0 aliphatic rings. The van der Waals surface area contributed by atoms with Crippen molar-refractivity contribution in [2.24, 2.45) is 0 Å². The van der Waals surface area contributed by atoms with Crippen LogP contribution in [0.25, 0.3) is 11.0 Å². The second-order valence-corrected chi connectivity index (χ2v) is 3.51. The Kier molecular flexibility index (Phi) is 2.68. The van der Waals surface area contributed by atoms with Crippen LogP contribution in [0.1, 0.15) is 18.2 Å². The van der Waals surface area contributed by atoms with Crippen LogP contribution < -0.4 is 5.56 Å². The minimum atomic E-state index is -0.0708. The van der Waals surface area contributed by atoms with E-state index >= 15 is 0 Å². The van der Waals surface area contributed by atoms with Gasteiger partial charge in [-0.15, -0.1) is 16.7 Å². The number of nitrogens with zero attached hydrogens (tertiary/aromatic N) is 2. The second kappa shape index (κ2) is 3.98. The molecule has 0 fully saturated rings. The molecule has 0 saturated heterocycles. The molecule has 0 atom stereocenters. The molecule has 0 aliphatic carbocycles. The van der Waals surface area contributed by atoms with Gasteiger partial charge in [0.2, 0.25) is 0 Å². The van der Waals surface area contributed by atoms with Crippen molar-refractivity contribution in [2.75, 3.05) is 0 Å². The molecule has 0 spiro atoms. The third kappa shape index (κ3) is 1.85. The molecule has 0 aliphatic heterocycles. The Bertz CT molecular complexity index is 550. The first kappa shape index (κ1) is 10.1. The Morgan fingerprint density at radius 1 is 1.40 bits per heavy atom. The fourth-order valence-electron chi connectivity index (χ4n) is 1.41. The van der Waals surface area contributed by atoms with Gasteiger partial charge in [-0.2, -0.15) is 5.10 Å². The van der Waals surface area contributed by atoms with Gasteiger partial charge in [-0.05, 0) is 18.6 Å². The highest BCUT2D eigenvalue weighted by Gasteiger charge is 2.03. The summed E-state index contributed by atoms with van der Waals surface area (Å²) in [6, 6.07) is 3.51. The van der Waals surface area contributed by atoms with E-state index in [1.54, 1.807) is 12.1 Å². The minimum absolute atomic E-state index is 0.0708. The number of rotatable bonds is 2. The third-order valence-corrected chi connectivity index (χ3v) is 2.52. The number of nitrogens with one attached hydrogen (secondary N) is 1. The van der Waals surface area contributed by atoms with E-state index in [-0.39, 0.29) is 5.56 Å². The van der Waals surface area contributed by atoms with Crippen molar-refractivity contribution in [3.05, 3.63) is 33.7 Å². The number of aryl methyl sites for hydroxylation is 1. The van der Waals surface area contributed by atoms with E-state index in [1.165, 1.54) is 0 Å². The Morgan fingerprint density at radius 3 is 2.87 bits per heavy atom. The summed E-state index contributed by atoms with van der Waals surface area (Å²) in [6.45, 7) is 1.93. The lowest BCUT2D eigenvalue weighted by Crippen LogP contribution is -2.12. The van der Waals surface area contributed by atoms with Crippen LogP contribution in [0.2, 0.25) is 0 Å². The number of aromatic nitrogens is 3. The van der Waals surface area contributed by atoms with Crippen LogP contribution in [0.15, 0.2) is 16.9 Å². The fourth-order valence-corrected chi connectivity index (χ4v) is 1.54. The van der Waals surface area contributed by atoms with Crippen molar-refractivity contribution in [1.29, 1.82) is 0 Å². The summed E-state index contributed by atoms with van der Waals surface area (Å²) in [4.78, 5) is 14.3. The van der Waals surface area contributed by atoms with Gasteiger partial charge in [0.15, 0.2) is 0 Å². The Labute approximate surface area is 91.3 Å². The van der Waals surface area contributed by atoms with E-state index in [2.05, 4.69) is 15.2 Å². The van der Waals surface area contributed by atoms with Gasteiger partial charge in [0.05, 0.1) is 17.1 Å². The molecule has 15 heavy (non-hydrogen) atoms. The summed E-state index contributed by atoms with van der Waals surface area (Å²) >= 11 is 5.63. The zero-order valence-electron chi connectivity index (χ0n) is 8.25. The number of pyridine rings is 1. The van der Waals surface area contributed by atoms with E-state index in [0.717, 1.165) is 5.56 Å². The van der Waals surface area contributed by atoms with Crippen LogP contribution in [0.4, 0.5) is 0 Å².